The largest absolute Gasteiger partial charge is 0.344 e. The molecule has 0 fully saturated rings. The highest BCUT2D eigenvalue weighted by Crippen LogP contribution is 2.22. The Morgan fingerprint density at radius 1 is 0.867 bits per heavy atom. The summed E-state index contributed by atoms with van der Waals surface area (Å²) in [6.45, 7) is 3.58. The predicted molar refractivity (Wildman–Crippen MR) is 118 cm³/mol. The lowest BCUT2D eigenvalue weighted by Crippen LogP contribution is -2.42. The van der Waals surface area contributed by atoms with Gasteiger partial charge in [0.2, 0.25) is 15.9 Å². The summed E-state index contributed by atoms with van der Waals surface area (Å²) in [5.41, 5.74) is 2.84. The third-order valence-corrected chi connectivity index (χ3v) is 6.84. The third-order valence-electron chi connectivity index (χ3n) is 4.90. The van der Waals surface area contributed by atoms with E-state index in [1.165, 1.54) is 4.31 Å². The lowest BCUT2D eigenvalue weighted by atomic mass is 9.99. The Morgan fingerprint density at radius 2 is 1.37 bits per heavy atom. The van der Waals surface area contributed by atoms with Crippen LogP contribution >= 0.6 is 0 Å². The zero-order chi connectivity index (χ0) is 21.6. The molecule has 0 aliphatic rings. The number of carbonyl (C=O) groups is 1. The van der Waals surface area contributed by atoms with Gasteiger partial charge in [0, 0.05) is 6.54 Å². The summed E-state index contributed by atoms with van der Waals surface area (Å²) < 4.78 is 27.2. The van der Waals surface area contributed by atoms with Gasteiger partial charge in [-0.2, -0.15) is 4.31 Å². The van der Waals surface area contributed by atoms with E-state index >= 15 is 0 Å². The highest BCUT2D eigenvalue weighted by Gasteiger charge is 2.26. The van der Waals surface area contributed by atoms with Crippen LogP contribution < -0.4 is 5.32 Å². The van der Waals surface area contributed by atoms with Crippen molar-refractivity contribution in [1.82, 2.24) is 9.62 Å². The third kappa shape index (κ3) is 5.14. The van der Waals surface area contributed by atoms with Gasteiger partial charge in [0.25, 0.3) is 0 Å². The molecular formula is C24H26N2O3S. The van der Waals surface area contributed by atoms with E-state index in [1.807, 2.05) is 67.6 Å². The molecule has 156 valence electrons. The van der Waals surface area contributed by atoms with Crippen molar-refractivity contribution in [2.75, 3.05) is 13.1 Å². The van der Waals surface area contributed by atoms with Crippen molar-refractivity contribution in [2.24, 2.45) is 0 Å². The molecule has 30 heavy (non-hydrogen) atoms. The number of sulfonamides is 1. The molecule has 1 N–H and O–H groups in total. The van der Waals surface area contributed by atoms with Gasteiger partial charge in [-0.05, 0) is 30.2 Å². The molecule has 0 saturated carbocycles. The van der Waals surface area contributed by atoms with Crippen LogP contribution in [0.15, 0.2) is 89.8 Å². The number of carbonyl (C=O) groups excluding carboxylic acids is 1. The monoisotopic (exact) mass is 422 g/mol. The normalized spacial score (nSPS) is 11.6. The van der Waals surface area contributed by atoms with E-state index in [0.717, 1.165) is 16.7 Å². The first-order valence-electron chi connectivity index (χ1n) is 9.88. The molecular weight excluding hydrogens is 396 g/mol. The first-order valence-corrected chi connectivity index (χ1v) is 11.3. The Morgan fingerprint density at radius 3 is 1.83 bits per heavy atom. The molecule has 0 spiro atoms. The van der Waals surface area contributed by atoms with E-state index in [9.17, 15) is 13.2 Å². The summed E-state index contributed by atoms with van der Waals surface area (Å²) in [6.07, 6.45) is 0. The lowest BCUT2D eigenvalue weighted by molar-refractivity contribution is -0.121. The number of benzene rings is 3. The van der Waals surface area contributed by atoms with Gasteiger partial charge in [-0.15, -0.1) is 0 Å². The summed E-state index contributed by atoms with van der Waals surface area (Å²) >= 11 is 0. The molecule has 6 heteroatoms. The number of hydrogen-bond donors (Lipinski definition) is 1. The molecule has 0 saturated heterocycles. The SMILES string of the molecule is CCN(CC(=O)NC(c1ccccc1)c1ccccc1)S(=O)(=O)c1ccc(C)cc1. The van der Waals surface area contributed by atoms with E-state index < -0.39 is 10.0 Å². The Balaban J connectivity index is 1.81. The highest BCUT2D eigenvalue weighted by atomic mass is 32.2. The Hall–Kier alpha value is -2.96. The minimum atomic E-state index is -3.76. The van der Waals surface area contributed by atoms with E-state index in [0.29, 0.717) is 0 Å². The van der Waals surface area contributed by atoms with Crippen molar-refractivity contribution in [3.63, 3.8) is 0 Å². The number of aryl methyl sites for hydroxylation is 1. The average Bonchev–Trinajstić information content (AvgIpc) is 2.77. The van der Waals surface area contributed by atoms with E-state index in [4.69, 9.17) is 0 Å². The fourth-order valence-corrected chi connectivity index (χ4v) is 4.65. The van der Waals surface area contributed by atoms with Crippen molar-refractivity contribution >= 4 is 15.9 Å². The predicted octanol–water partition coefficient (Wildman–Crippen LogP) is 3.91. The Kier molecular flexibility index (Phi) is 7.03. The van der Waals surface area contributed by atoms with Crippen molar-refractivity contribution in [1.29, 1.82) is 0 Å². The number of amides is 1. The minimum absolute atomic E-state index is 0.186. The van der Waals surface area contributed by atoms with Crippen molar-refractivity contribution < 1.29 is 13.2 Å². The number of nitrogens with one attached hydrogen (secondary N) is 1. The van der Waals surface area contributed by atoms with Crippen molar-refractivity contribution in [2.45, 2.75) is 24.8 Å². The highest BCUT2D eigenvalue weighted by molar-refractivity contribution is 7.89. The molecule has 0 aliphatic heterocycles. The molecule has 1 amide bonds. The van der Waals surface area contributed by atoms with Crippen LogP contribution in [0.1, 0.15) is 29.7 Å². The standard InChI is InChI=1S/C24H26N2O3S/c1-3-26(30(28,29)22-16-14-19(2)15-17-22)18-23(27)25-24(20-10-6-4-7-11-20)21-12-8-5-9-13-21/h4-17,24H,3,18H2,1-2H3,(H,25,27). The second-order valence-corrected chi connectivity index (χ2v) is 9.00. The molecule has 0 aromatic heterocycles. The fraction of sp³-hybridized carbons (Fsp3) is 0.208. The van der Waals surface area contributed by atoms with Gasteiger partial charge in [-0.25, -0.2) is 8.42 Å². The summed E-state index contributed by atoms with van der Waals surface area (Å²) in [5.74, 6) is -0.356. The van der Waals surface area contributed by atoms with E-state index in [2.05, 4.69) is 5.32 Å². The zero-order valence-corrected chi connectivity index (χ0v) is 18.0. The van der Waals surface area contributed by atoms with Crippen molar-refractivity contribution in [3.8, 4) is 0 Å². The molecule has 3 aromatic carbocycles. The maximum absolute atomic E-state index is 13.0. The van der Waals surface area contributed by atoms with Gasteiger partial charge in [0.05, 0.1) is 17.5 Å². The topological polar surface area (TPSA) is 66.5 Å². The molecule has 0 bridgehead atoms. The van der Waals surface area contributed by atoms with Crippen LogP contribution in [0.2, 0.25) is 0 Å². The summed E-state index contributed by atoms with van der Waals surface area (Å²) in [5, 5.41) is 3.00. The molecule has 0 atom stereocenters. The van der Waals surface area contributed by atoms with E-state index in [-0.39, 0.29) is 29.9 Å². The van der Waals surface area contributed by atoms with Crippen LogP contribution in [-0.2, 0) is 14.8 Å². The lowest BCUT2D eigenvalue weighted by Gasteiger charge is -2.24. The quantitative estimate of drug-likeness (QED) is 0.598. The van der Waals surface area contributed by atoms with Crippen LogP contribution in [0.5, 0.6) is 0 Å². The number of hydrogen-bond acceptors (Lipinski definition) is 3. The van der Waals surface area contributed by atoms with Crippen LogP contribution in [0, 0.1) is 6.92 Å². The second kappa shape index (κ2) is 9.69. The summed E-state index contributed by atoms with van der Waals surface area (Å²) in [7, 11) is -3.76. The molecule has 0 aliphatic carbocycles. The first-order chi connectivity index (χ1) is 14.4. The van der Waals surface area contributed by atoms with Crippen LogP contribution in [-0.4, -0.2) is 31.7 Å². The maximum atomic E-state index is 13.0. The van der Waals surface area contributed by atoms with Crippen LogP contribution in [0.3, 0.4) is 0 Å². The minimum Gasteiger partial charge on any atom is -0.344 e. The van der Waals surface area contributed by atoms with Gasteiger partial charge < -0.3 is 5.32 Å². The van der Waals surface area contributed by atoms with Gasteiger partial charge in [0.15, 0.2) is 0 Å². The maximum Gasteiger partial charge on any atom is 0.243 e. The molecule has 3 aromatic rings. The summed E-state index contributed by atoms with van der Waals surface area (Å²) in [4.78, 5) is 13.1. The smallest absolute Gasteiger partial charge is 0.243 e. The van der Waals surface area contributed by atoms with Gasteiger partial charge in [-0.1, -0.05) is 85.3 Å². The first kappa shape index (κ1) is 21.7. The van der Waals surface area contributed by atoms with Crippen LogP contribution in [0.4, 0.5) is 0 Å². The van der Waals surface area contributed by atoms with Gasteiger partial charge in [0.1, 0.15) is 0 Å². The molecule has 3 rings (SSSR count). The molecule has 5 nitrogen and oxygen atoms in total. The summed E-state index contributed by atoms with van der Waals surface area (Å²) in [6, 6.07) is 25.5. The molecule has 0 radical (unpaired) electrons. The number of likely N-dealkylation sites (N-methyl/N-ethyl adjacent to an activating group) is 1. The average molecular weight is 423 g/mol. The Labute approximate surface area is 178 Å². The zero-order valence-electron chi connectivity index (χ0n) is 17.2. The number of rotatable bonds is 8. The Bertz CT molecular complexity index is 1030. The van der Waals surface area contributed by atoms with Crippen molar-refractivity contribution in [3.05, 3.63) is 102 Å². The molecule has 0 heterocycles. The molecule has 0 unspecified atom stereocenters. The van der Waals surface area contributed by atoms with E-state index in [1.54, 1.807) is 31.2 Å². The van der Waals surface area contributed by atoms with Gasteiger partial charge >= 0.3 is 0 Å². The van der Waals surface area contributed by atoms with Crippen LogP contribution in [0.25, 0.3) is 0 Å². The second-order valence-electron chi connectivity index (χ2n) is 7.07. The fourth-order valence-electron chi connectivity index (χ4n) is 3.24. The number of nitrogens with zero attached hydrogens (tertiary/aromatic N) is 1. The van der Waals surface area contributed by atoms with Gasteiger partial charge in [-0.3, -0.25) is 4.79 Å².